The topological polar surface area (TPSA) is 81.2 Å². The zero-order chi connectivity index (χ0) is 11.7. The SMILES string of the molecule is CC1CC1CNc1cccc(N)c1[N+](=O)[O-]. The molecule has 1 fully saturated rings. The number of para-hydroxylation sites is 1. The monoisotopic (exact) mass is 221 g/mol. The molecule has 0 aliphatic heterocycles. The van der Waals surface area contributed by atoms with Crippen LogP contribution in [0, 0.1) is 22.0 Å². The lowest BCUT2D eigenvalue weighted by atomic mass is 10.2. The highest BCUT2D eigenvalue weighted by Crippen LogP contribution is 2.38. The van der Waals surface area contributed by atoms with Crippen LogP contribution in [0.15, 0.2) is 18.2 Å². The van der Waals surface area contributed by atoms with Gasteiger partial charge in [0.15, 0.2) is 0 Å². The normalized spacial score (nSPS) is 22.8. The van der Waals surface area contributed by atoms with Gasteiger partial charge in [-0.1, -0.05) is 13.0 Å². The molecule has 1 aliphatic carbocycles. The number of nitro benzene ring substituents is 1. The Balaban J connectivity index is 2.12. The minimum atomic E-state index is -0.437. The zero-order valence-electron chi connectivity index (χ0n) is 9.14. The average Bonchev–Trinajstić information content (AvgIpc) is 2.91. The van der Waals surface area contributed by atoms with Crippen molar-refractivity contribution >= 4 is 17.1 Å². The van der Waals surface area contributed by atoms with E-state index in [1.807, 2.05) is 0 Å². The van der Waals surface area contributed by atoms with E-state index in [4.69, 9.17) is 5.73 Å². The number of anilines is 2. The third kappa shape index (κ3) is 2.08. The maximum atomic E-state index is 10.9. The standard InChI is InChI=1S/C11H15N3O2/c1-7-5-8(7)6-13-10-4-2-3-9(12)11(10)14(15)16/h2-4,7-8,13H,5-6,12H2,1H3. The predicted molar refractivity (Wildman–Crippen MR) is 63.3 cm³/mol. The molecular formula is C11H15N3O2. The number of hydrogen-bond donors (Lipinski definition) is 2. The highest BCUT2D eigenvalue weighted by atomic mass is 16.6. The van der Waals surface area contributed by atoms with E-state index >= 15 is 0 Å². The Labute approximate surface area is 93.8 Å². The quantitative estimate of drug-likeness (QED) is 0.464. The fourth-order valence-electron chi connectivity index (χ4n) is 1.83. The van der Waals surface area contributed by atoms with Crippen LogP contribution in [0.25, 0.3) is 0 Å². The number of nitrogens with one attached hydrogen (secondary N) is 1. The highest BCUT2D eigenvalue weighted by Gasteiger charge is 2.32. The van der Waals surface area contributed by atoms with Gasteiger partial charge in [0, 0.05) is 6.54 Å². The van der Waals surface area contributed by atoms with E-state index in [1.165, 1.54) is 6.42 Å². The summed E-state index contributed by atoms with van der Waals surface area (Å²) in [5.74, 6) is 1.37. The molecule has 3 N–H and O–H groups in total. The first-order valence-electron chi connectivity index (χ1n) is 5.36. The third-order valence-electron chi connectivity index (χ3n) is 3.08. The lowest BCUT2D eigenvalue weighted by Gasteiger charge is -2.07. The largest absolute Gasteiger partial charge is 0.393 e. The average molecular weight is 221 g/mol. The Bertz CT molecular complexity index is 420. The van der Waals surface area contributed by atoms with Gasteiger partial charge in [-0.25, -0.2) is 0 Å². The number of benzene rings is 1. The molecule has 0 bridgehead atoms. The molecule has 86 valence electrons. The van der Waals surface area contributed by atoms with Gasteiger partial charge in [0.1, 0.15) is 11.4 Å². The first-order chi connectivity index (χ1) is 7.59. The summed E-state index contributed by atoms with van der Waals surface area (Å²) in [6.07, 6.45) is 1.20. The van der Waals surface area contributed by atoms with Crippen LogP contribution < -0.4 is 11.1 Å². The molecule has 1 aromatic carbocycles. The molecule has 0 spiro atoms. The van der Waals surface area contributed by atoms with Crippen molar-refractivity contribution in [2.75, 3.05) is 17.6 Å². The Kier molecular flexibility index (Phi) is 2.68. The molecule has 2 rings (SSSR count). The summed E-state index contributed by atoms with van der Waals surface area (Å²) in [7, 11) is 0. The smallest absolute Gasteiger partial charge is 0.314 e. The van der Waals surface area contributed by atoms with Gasteiger partial charge in [0.2, 0.25) is 0 Å². The highest BCUT2D eigenvalue weighted by molar-refractivity contribution is 5.74. The van der Waals surface area contributed by atoms with E-state index in [2.05, 4.69) is 12.2 Å². The van der Waals surface area contributed by atoms with Crippen molar-refractivity contribution in [2.24, 2.45) is 11.8 Å². The van der Waals surface area contributed by atoms with Crippen LogP contribution in [-0.4, -0.2) is 11.5 Å². The van der Waals surface area contributed by atoms with Crippen LogP contribution in [0.5, 0.6) is 0 Å². The molecule has 0 radical (unpaired) electrons. The summed E-state index contributed by atoms with van der Waals surface area (Å²) in [5.41, 5.74) is 6.30. The second-order valence-electron chi connectivity index (χ2n) is 4.35. The van der Waals surface area contributed by atoms with Crippen LogP contribution in [0.3, 0.4) is 0 Å². The second-order valence-corrected chi connectivity index (χ2v) is 4.35. The minimum absolute atomic E-state index is 0.0178. The summed E-state index contributed by atoms with van der Waals surface area (Å²) >= 11 is 0. The molecule has 0 heterocycles. The van der Waals surface area contributed by atoms with Crippen molar-refractivity contribution in [3.8, 4) is 0 Å². The van der Waals surface area contributed by atoms with Crippen LogP contribution in [0.4, 0.5) is 17.1 Å². The van der Waals surface area contributed by atoms with Crippen LogP contribution in [0.2, 0.25) is 0 Å². The minimum Gasteiger partial charge on any atom is -0.393 e. The first-order valence-corrected chi connectivity index (χ1v) is 5.36. The molecular weight excluding hydrogens is 206 g/mol. The lowest BCUT2D eigenvalue weighted by molar-refractivity contribution is -0.383. The first kappa shape index (κ1) is 10.7. The Morgan fingerprint density at radius 3 is 2.88 bits per heavy atom. The van der Waals surface area contributed by atoms with E-state index in [-0.39, 0.29) is 11.4 Å². The van der Waals surface area contributed by atoms with E-state index in [9.17, 15) is 10.1 Å². The molecule has 5 heteroatoms. The number of nitrogens with two attached hydrogens (primary N) is 1. The Morgan fingerprint density at radius 1 is 1.62 bits per heavy atom. The van der Waals surface area contributed by atoms with Gasteiger partial charge in [0.05, 0.1) is 4.92 Å². The van der Waals surface area contributed by atoms with Crippen molar-refractivity contribution in [1.82, 2.24) is 0 Å². The van der Waals surface area contributed by atoms with E-state index in [0.29, 0.717) is 11.6 Å². The number of nitrogen functional groups attached to an aromatic ring is 1. The second kappa shape index (κ2) is 4.00. The molecule has 2 unspecified atom stereocenters. The Morgan fingerprint density at radius 2 is 2.31 bits per heavy atom. The molecule has 2 atom stereocenters. The van der Waals surface area contributed by atoms with Crippen molar-refractivity contribution in [1.29, 1.82) is 0 Å². The van der Waals surface area contributed by atoms with E-state index in [0.717, 1.165) is 12.5 Å². The predicted octanol–water partition coefficient (Wildman–Crippen LogP) is 2.24. The third-order valence-corrected chi connectivity index (χ3v) is 3.08. The maximum Gasteiger partial charge on any atom is 0.314 e. The number of hydrogen-bond acceptors (Lipinski definition) is 4. The van der Waals surface area contributed by atoms with Crippen molar-refractivity contribution in [3.63, 3.8) is 0 Å². The summed E-state index contributed by atoms with van der Waals surface area (Å²) in [6, 6.07) is 4.96. The van der Waals surface area contributed by atoms with Gasteiger partial charge in [-0.15, -0.1) is 0 Å². The fraction of sp³-hybridized carbons (Fsp3) is 0.455. The molecule has 0 aromatic heterocycles. The van der Waals surface area contributed by atoms with Gasteiger partial charge in [0.25, 0.3) is 0 Å². The molecule has 1 saturated carbocycles. The number of nitrogens with zero attached hydrogens (tertiary/aromatic N) is 1. The van der Waals surface area contributed by atoms with Gasteiger partial charge >= 0.3 is 5.69 Å². The van der Waals surface area contributed by atoms with Crippen molar-refractivity contribution < 1.29 is 4.92 Å². The number of rotatable bonds is 4. The number of nitro groups is 1. The van der Waals surface area contributed by atoms with E-state index < -0.39 is 4.92 Å². The molecule has 16 heavy (non-hydrogen) atoms. The van der Waals surface area contributed by atoms with Gasteiger partial charge in [-0.2, -0.15) is 0 Å². The van der Waals surface area contributed by atoms with Gasteiger partial charge in [-0.3, -0.25) is 10.1 Å². The molecule has 0 amide bonds. The van der Waals surface area contributed by atoms with Crippen molar-refractivity contribution in [2.45, 2.75) is 13.3 Å². The Hall–Kier alpha value is -1.78. The summed E-state index contributed by atoms with van der Waals surface area (Å²) < 4.78 is 0. The van der Waals surface area contributed by atoms with Gasteiger partial charge < -0.3 is 11.1 Å². The lowest BCUT2D eigenvalue weighted by Crippen LogP contribution is -2.07. The van der Waals surface area contributed by atoms with Crippen molar-refractivity contribution in [3.05, 3.63) is 28.3 Å². The van der Waals surface area contributed by atoms with E-state index in [1.54, 1.807) is 18.2 Å². The molecule has 0 saturated heterocycles. The fourth-order valence-corrected chi connectivity index (χ4v) is 1.83. The molecule has 1 aromatic rings. The summed E-state index contributed by atoms with van der Waals surface area (Å²) in [6.45, 7) is 2.96. The molecule has 5 nitrogen and oxygen atoms in total. The molecule has 1 aliphatic rings. The zero-order valence-corrected chi connectivity index (χ0v) is 9.14. The summed E-state index contributed by atoms with van der Waals surface area (Å²) in [5, 5.41) is 14.0. The van der Waals surface area contributed by atoms with Gasteiger partial charge in [-0.05, 0) is 30.4 Å². The maximum absolute atomic E-state index is 10.9. The summed E-state index contributed by atoms with van der Waals surface area (Å²) in [4.78, 5) is 10.4. The van der Waals surface area contributed by atoms with Crippen LogP contribution in [-0.2, 0) is 0 Å². The van der Waals surface area contributed by atoms with Crippen LogP contribution in [0.1, 0.15) is 13.3 Å². The van der Waals surface area contributed by atoms with Crippen LogP contribution >= 0.6 is 0 Å².